The molecule has 1 aliphatic heterocycles. The fourth-order valence-corrected chi connectivity index (χ4v) is 2.91. The summed E-state index contributed by atoms with van der Waals surface area (Å²) in [6, 6.07) is 12.0. The lowest BCUT2D eigenvalue weighted by atomic mass is 10.2. The maximum absolute atomic E-state index is 12.1. The number of rotatable bonds is 9. The predicted octanol–water partition coefficient (Wildman–Crippen LogP) is 0.567. The molecular weight excluding hydrogens is 364 g/mol. The van der Waals surface area contributed by atoms with E-state index in [2.05, 4.69) is 10.6 Å². The first-order valence-corrected chi connectivity index (χ1v) is 8.96. The average Bonchev–Trinajstić information content (AvgIpc) is 3.13. The van der Waals surface area contributed by atoms with Gasteiger partial charge in [-0.25, -0.2) is 0 Å². The Labute approximate surface area is 162 Å². The molecule has 2 aromatic rings. The number of nitrogens with zero attached hydrogens (tertiary/aromatic N) is 1. The molecule has 3 rings (SSSR count). The molecule has 28 heavy (non-hydrogen) atoms. The number of amides is 1. The van der Waals surface area contributed by atoms with Crippen LogP contribution in [0.1, 0.15) is 5.56 Å². The molecule has 1 amide bonds. The summed E-state index contributed by atoms with van der Waals surface area (Å²) in [5.74, 6) is 1.45. The van der Waals surface area contributed by atoms with Crippen LogP contribution >= 0.6 is 0 Å². The highest BCUT2D eigenvalue weighted by atomic mass is 16.7. The first-order valence-electron chi connectivity index (χ1n) is 8.96. The van der Waals surface area contributed by atoms with E-state index >= 15 is 0 Å². The van der Waals surface area contributed by atoms with Crippen molar-refractivity contribution < 1.29 is 24.1 Å². The molecule has 0 bridgehead atoms. The van der Waals surface area contributed by atoms with Crippen LogP contribution in [-0.4, -0.2) is 44.3 Å². The number of quaternary nitrogens is 1. The summed E-state index contributed by atoms with van der Waals surface area (Å²) in [5, 5.41) is 16.6. The van der Waals surface area contributed by atoms with Crippen molar-refractivity contribution in [3.63, 3.8) is 0 Å². The fraction of sp³-hybridized carbons (Fsp3) is 0.316. The molecule has 0 saturated heterocycles. The molecule has 3 N–H and O–H groups in total. The topological polar surface area (TPSA) is 107 Å². The highest BCUT2D eigenvalue weighted by Gasteiger charge is 2.16. The summed E-state index contributed by atoms with van der Waals surface area (Å²) in [5.41, 5.74) is 1.90. The predicted molar refractivity (Wildman–Crippen MR) is 103 cm³/mol. The second-order valence-electron chi connectivity index (χ2n) is 6.58. The lowest BCUT2D eigenvalue weighted by Gasteiger charge is -2.14. The third kappa shape index (κ3) is 5.34. The van der Waals surface area contributed by atoms with Crippen molar-refractivity contribution in [1.29, 1.82) is 0 Å². The Kier molecular flexibility index (Phi) is 6.28. The number of benzene rings is 2. The third-order valence-electron chi connectivity index (χ3n) is 4.26. The van der Waals surface area contributed by atoms with Crippen LogP contribution in [0, 0.1) is 10.1 Å². The molecule has 1 atom stereocenters. The van der Waals surface area contributed by atoms with Crippen molar-refractivity contribution >= 4 is 17.3 Å². The molecule has 148 valence electrons. The number of fused-ring (bicyclic) bond motifs is 1. The second kappa shape index (κ2) is 9.05. The molecule has 1 aliphatic rings. The highest BCUT2D eigenvalue weighted by Crippen LogP contribution is 2.32. The molecular formula is C19H23N4O5+. The number of carbonyl (C=O) groups is 1. The molecule has 0 saturated carbocycles. The van der Waals surface area contributed by atoms with Crippen LogP contribution in [-0.2, 0) is 11.3 Å². The number of nitro benzene ring substituents is 1. The molecule has 0 fully saturated rings. The molecule has 9 heteroatoms. The largest absolute Gasteiger partial charge is 0.454 e. The van der Waals surface area contributed by atoms with Gasteiger partial charge in [-0.15, -0.1) is 0 Å². The number of hydrogen-bond acceptors (Lipinski definition) is 6. The van der Waals surface area contributed by atoms with Crippen molar-refractivity contribution in [3.8, 4) is 11.5 Å². The van der Waals surface area contributed by atoms with Gasteiger partial charge in [0.2, 0.25) is 6.79 Å². The van der Waals surface area contributed by atoms with Gasteiger partial charge >= 0.3 is 0 Å². The van der Waals surface area contributed by atoms with Crippen molar-refractivity contribution in [2.24, 2.45) is 0 Å². The van der Waals surface area contributed by atoms with E-state index in [-0.39, 0.29) is 18.4 Å². The van der Waals surface area contributed by atoms with Crippen LogP contribution in [0.2, 0.25) is 0 Å². The maximum atomic E-state index is 12.1. The monoisotopic (exact) mass is 387 g/mol. The van der Waals surface area contributed by atoms with E-state index < -0.39 is 4.92 Å². The molecule has 2 aromatic carbocycles. The number of carbonyl (C=O) groups excluding carboxylic acids is 1. The van der Waals surface area contributed by atoms with Gasteiger partial charge in [-0.05, 0) is 30.3 Å². The molecule has 1 heterocycles. The maximum Gasteiger partial charge on any atom is 0.275 e. The lowest BCUT2D eigenvalue weighted by molar-refractivity contribution is -0.885. The van der Waals surface area contributed by atoms with Crippen LogP contribution in [0.15, 0.2) is 42.5 Å². The lowest BCUT2D eigenvalue weighted by Crippen LogP contribution is -3.08. The zero-order valence-corrected chi connectivity index (χ0v) is 15.6. The van der Waals surface area contributed by atoms with Crippen LogP contribution < -0.4 is 25.0 Å². The summed E-state index contributed by atoms with van der Waals surface area (Å²) >= 11 is 0. The van der Waals surface area contributed by atoms with Gasteiger partial charge in [-0.3, -0.25) is 14.9 Å². The minimum Gasteiger partial charge on any atom is -0.454 e. The van der Waals surface area contributed by atoms with Crippen molar-refractivity contribution in [1.82, 2.24) is 5.32 Å². The highest BCUT2D eigenvalue weighted by molar-refractivity contribution is 5.76. The van der Waals surface area contributed by atoms with Gasteiger partial charge < -0.3 is 25.0 Å². The van der Waals surface area contributed by atoms with Gasteiger partial charge in [0.25, 0.3) is 11.6 Å². The molecule has 0 spiro atoms. The van der Waals surface area contributed by atoms with Crippen molar-refractivity contribution in [2.75, 3.05) is 38.8 Å². The summed E-state index contributed by atoms with van der Waals surface area (Å²) in [6.07, 6.45) is 0. The summed E-state index contributed by atoms with van der Waals surface area (Å²) in [4.78, 5) is 23.3. The number of nitrogens with one attached hydrogen (secondary N) is 3. The third-order valence-corrected chi connectivity index (χ3v) is 4.26. The van der Waals surface area contributed by atoms with Gasteiger partial charge in [-0.1, -0.05) is 0 Å². The Morgan fingerprint density at radius 2 is 1.89 bits per heavy atom. The molecule has 0 radical (unpaired) electrons. The summed E-state index contributed by atoms with van der Waals surface area (Å²) in [6.45, 7) is 2.30. The Bertz CT molecular complexity index is 841. The number of likely N-dealkylation sites (N-methyl/N-ethyl adjacent to an activating group) is 1. The Hall–Kier alpha value is -3.33. The van der Waals surface area contributed by atoms with Gasteiger partial charge in [0.05, 0.1) is 12.0 Å². The van der Waals surface area contributed by atoms with Gasteiger partial charge in [-0.2, -0.15) is 0 Å². The molecule has 0 aliphatic carbocycles. The van der Waals surface area contributed by atoms with E-state index in [1.165, 1.54) is 12.1 Å². The second-order valence-corrected chi connectivity index (χ2v) is 6.58. The van der Waals surface area contributed by atoms with E-state index in [1.54, 1.807) is 12.1 Å². The minimum absolute atomic E-state index is 0.0382. The normalized spacial score (nSPS) is 13.0. The van der Waals surface area contributed by atoms with Gasteiger partial charge in [0.15, 0.2) is 18.0 Å². The average molecular weight is 387 g/mol. The van der Waals surface area contributed by atoms with E-state index in [0.717, 1.165) is 27.6 Å². The van der Waals surface area contributed by atoms with Gasteiger partial charge in [0, 0.05) is 36.5 Å². The van der Waals surface area contributed by atoms with E-state index in [0.29, 0.717) is 26.2 Å². The SMILES string of the molecule is C[NH+](CC(=O)NCCNc1ccc([N+](=O)[O-])cc1)Cc1ccc2c(c1)OCO2. The summed E-state index contributed by atoms with van der Waals surface area (Å²) < 4.78 is 10.7. The van der Waals surface area contributed by atoms with Crippen molar-refractivity contribution in [3.05, 3.63) is 58.1 Å². The first kappa shape index (κ1) is 19.4. The number of hydrogen-bond donors (Lipinski definition) is 3. The molecule has 9 nitrogen and oxygen atoms in total. The Morgan fingerprint density at radius 1 is 1.14 bits per heavy atom. The zero-order chi connectivity index (χ0) is 19.9. The summed E-state index contributed by atoms with van der Waals surface area (Å²) in [7, 11) is 1.96. The van der Waals surface area contributed by atoms with E-state index in [4.69, 9.17) is 9.47 Å². The van der Waals surface area contributed by atoms with Crippen molar-refractivity contribution in [2.45, 2.75) is 6.54 Å². The number of anilines is 1. The Morgan fingerprint density at radius 3 is 2.64 bits per heavy atom. The first-order chi connectivity index (χ1) is 13.5. The Balaban J connectivity index is 1.35. The zero-order valence-electron chi connectivity index (χ0n) is 15.6. The van der Waals surface area contributed by atoms with Crippen LogP contribution in [0.4, 0.5) is 11.4 Å². The van der Waals surface area contributed by atoms with Gasteiger partial charge in [0.1, 0.15) is 6.54 Å². The standard InChI is InChI=1S/C19H22N4O5/c1-22(11-14-2-7-17-18(10-14)28-13-27-17)12-19(24)21-9-8-20-15-3-5-16(6-4-15)23(25)26/h2-7,10,20H,8-9,11-13H2,1H3,(H,21,24)/p+1. The minimum atomic E-state index is -0.438. The smallest absolute Gasteiger partial charge is 0.275 e. The number of ether oxygens (including phenoxy) is 2. The fourth-order valence-electron chi connectivity index (χ4n) is 2.91. The number of nitro groups is 1. The number of non-ortho nitro benzene ring substituents is 1. The molecule has 1 unspecified atom stereocenters. The van der Waals surface area contributed by atoms with E-state index in [1.807, 2.05) is 25.2 Å². The van der Waals surface area contributed by atoms with Crippen LogP contribution in [0.25, 0.3) is 0 Å². The quantitative estimate of drug-likeness (QED) is 0.330. The van der Waals surface area contributed by atoms with E-state index in [9.17, 15) is 14.9 Å². The molecule has 0 aromatic heterocycles. The van der Waals surface area contributed by atoms with Crippen LogP contribution in [0.5, 0.6) is 11.5 Å². The van der Waals surface area contributed by atoms with Crippen LogP contribution in [0.3, 0.4) is 0 Å².